The summed E-state index contributed by atoms with van der Waals surface area (Å²) in [5, 5.41) is 59.1. The van der Waals surface area contributed by atoms with Crippen LogP contribution in [-0.2, 0) is 19.1 Å². The van der Waals surface area contributed by atoms with Gasteiger partial charge in [-0.15, -0.1) is 0 Å². The second kappa shape index (κ2) is 40.0. The fraction of sp³-hybridized carbons (Fsp3) is 0.920. The molecule has 1 saturated heterocycles. The molecule has 0 spiro atoms. The summed E-state index contributed by atoms with van der Waals surface area (Å²) in [7, 11) is 0. The Morgan fingerprint density at radius 2 is 1.02 bits per heavy atom. The molecule has 1 rings (SSSR count). The van der Waals surface area contributed by atoms with E-state index in [1.54, 1.807) is 0 Å². The van der Waals surface area contributed by atoms with Crippen LogP contribution in [0.3, 0.4) is 0 Å². The number of hydrogen-bond acceptors (Lipinski definition) is 9. The van der Waals surface area contributed by atoms with Crippen LogP contribution in [0.15, 0.2) is 12.2 Å². The van der Waals surface area contributed by atoms with Gasteiger partial charge in [0.25, 0.3) is 0 Å². The quantitative estimate of drug-likeness (QED) is 0.0233. The van der Waals surface area contributed by atoms with E-state index in [0.29, 0.717) is 12.8 Å². The fourth-order valence-electron chi connectivity index (χ4n) is 8.22. The number of carbonyl (C=O) groups excluding carboxylic acids is 2. The van der Waals surface area contributed by atoms with E-state index in [-0.39, 0.29) is 31.4 Å². The summed E-state index contributed by atoms with van der Waals surface area (Å²) in [4.78, 5) is 24.6. The van der Waals surface area contributed by atoms with Crippen LogP contribution in [0.4, 0.5) is 0 Å². The number of aliphatic hydroxyl groups is 5. The Bertz CT molecular complexity index is 1050. The number of hydrogen-bond donors (Lipinski definition) is 7. The molecule has 0 aromatic heterocycles. The molecule has 61 heavy (non-hydrogen) atoms. The van der Waals surface area contributed by atoms with Crippen molar-refractivity contribution in [1.82, 2.24) is 10.6 Å². The SMILES string of the molecule is CCCCCCCC/C=C\CCCCCCCCCCCCCC(=O)N[C@@H](CO[C@H]1O[C@@H](CNC(C)=O)[C@H](O)[C@H](O)[C@@H]1O)[C@H](O)[C@H](O)CCCCCCCCCCCCCC. The van der Waals surface area contributed by atoms with Crippen LogP contribution in [0.5, 0.6) is 0 Å². The van der Waals surface area contributed by atoms with Gasteiger partial charge in [0.15, 0.2) is 6.29 Å². The average Bonchev–Trinajstić information content (AvgIpc) is 3.24. The molecule has 2 amide bonds. The van der Waals surface area contributed by atoms with Crippen LogP contribution in [-0.4, -0.2) is 99.5 Å². The van der Waals surface area contributed by atoms with Crippen LogP contribution in [0.25, 0.3) is 0 Å². The van der Waals surface area contributed by atoms with E-state index in [0.717, 1.165) is 44.9 Å². The van der Waals surface area contributed by atoms with Crippen molar-refractivity contribution >= 4 is 11.8 Å². The molecule has 1 aliphatic heterocycles. The van der Waals surface area contributed by atoms with Gasteiger partial charge in [-0.2, -0.15) is 0 Å². The molecule has 0 radical (unpaired) electrons. The summed E-state index contributed by atoms with van der Waals surface area (Å²) in [6.07, 6.45) is 33.6. The summed E-state index contributed by atoms with van der Waals surface area (Å²) in [6.45, 7) is 5.39. The zero-order valence-corrected chi connectivity index (χ0v) is 39.4. The summed E-state index contributed by atoms with van der Waals surface area (Å²) >= 11 is 0. The molecule has 0 aromatic rings. The first-order valence-electron chi connectivity index (χ1n) is 25.5. The standard InChI is InChI=1S/C50H96N2O9/c1-4-6-8-10-12-14-16-18-19-20-21-22-23-24-25-26-28-30-32-34-36-38-45(55)52-42(40-60-50-49(59)48(58)47(57)44(61-50)39-51-41(3)53)46(56)43(54)37-35-33-31-29-27-17-15-13-11-9-7-5-2/h18-19,42-44,46-50,54,56-59H,4-17,20-40H2,1-3H3,(H,51,53)(H,52,55)/b19-18-/t42-,43+,44-,46-,47-,48-,49-,50-/m0/s1. The number of unbranched alkanes of at least 4 members (excludes halogenated alkanes) is 28. The van der Waals surface area contributed by atoms with Crippen molar-refractivity contribution in [3.63, 3.8) is 0 Å². The van der Waals surface area contributed by atoms with E-state index >= 15 is 0 Å². The smallest absolute Gasteiger partial charge is 0.220 e. The zero-order valence-electron chi connectivity index (χ0n) is 39.4. The highest BCUT2D eigenvalue weighted by Gasteiger charge is 2.45. The predicted molar refractivity (Wildman–Crippen MR) is 248 cm³/mol. The number of nitrogens with one attached hydrogen (secondary N) is 2. The average molecular weight is 869 g/mol. The Labute approximate surface area is 373 Å². The minimum Gasteiger partial charge on any atom is -0.390 e. The molecule has 1 heterocycles. The van der Waals surface area contributed by atoms with E-state index in [9.17, 15) is 35.1 Å². The molecular weight excluding hydrogens is 773 g/mol. The van der Waals surface area contributed by atoms with Crippen molar-refractivity contribution in [2.45, 2.75) is 282 Å². The highest BCUT2D eigenvalue weighted by Crippen LogP contribution is 2.23. The highest BCUT2D eigenvalue weighted by molar-refractivity contribution is 5.76. The molecule has 8 atom stereocenters. The second-order valence-corrected chi connectivity index (χ2v) is 18.2. The number of carbonyl (C=O) groups is 2. The number of ether oxygens (including phenoxy) is 2. The third-order valence-electron chi connectivity index (χ3n) is 12.3. The molecule has 11 nitrogen and oxygen atoms in total. The molecule has 0 aromatic carbocycles. The van der Waals surface area contributed by atoms with Crippen molar-refractivity contribution in [3.05, 3.63) is 12.2 Å². The first-order chi connectivity index (χ1) is 29.6. The minimum absolute atomic E-state index is 0.113. The number of rotatable bonds is 42. The van der Waals surface area contributed by atoms with E-state index in [4.69, 9.17) is 9.47 Å². The molecule has 0 aliphatic carbocycles. The van der Waals surface area contributed by atoms with Crippen molar-refractivity contribution < 1.29 is 44.6 Å². The van der Waals surface area contributed by atoms with Gasteiger partial charge in [0.05, 0.1) is 18.8 Å². The molecule has 360 valence electrons. The summed E-state index contributed by atoms with van der Waals surface area (Å²) < 4.78 is 11.5. The van der Waals surface area contributed by atoms with Crippen molar-refractivity contribution in [2.75, 3.05) is 13.2 Å². The number of allylic oxidation sites excluding steroid dienone is 2. The molecule has 0 saturated carbocycles. The van der Waals surface area contributed by atoms with Gasteiger partial charge in [0, 0.05) is 19.9 Å². The third-order valence-corrected chi connectivity index (χ3v) is 12.3. The Kier molecular flexibility index (Phi) is 37.6. The fourth-order valence-corrected chi connectivity index (χ4v) is 8.22. The molecule has 1 fully saturated rings. The Hall–Kier alpha value is -1.60. The number of amides is 2. The number of aliphatic hydroxyl groups excluding tert-OH is 5. The summed E-state index contributed by atoms with van der Waals surface area (Å²) in [5.74, 6) is -0.613. The van der Waals surface area contributed by atoms with Crippen LogP contribution in [0.2, 0.25) is 0 Å². The van der Waals surface area contributed by atoms with Crippen LogP contribution in [0, 0.1) is 0 Å². The van der Waals surface area contributed by atoms with Gasteiger partial charge in [0.2, 0.25) is 11.8 Å². The lowest BCUT2D eigenvalue weighted by Crippen LogP contribution is -2.61. The largest absolute Gasteiger partial charge is 0.390 e. The van der Waals surface area contributed by atoms with Crippen molar-refractivity contribution in [3.8, 4) is 0 Å². The second-order valence-electron chi connectivity index (χ2n) is 18.2. The van der Waals surface area contributed by atoms with Crippen LogP contribution < -0.4 is 10.6 Å². The molecule has 7 N–H and O–H groups in total. The van der Waals surface area contributed by atoms with E-state index < -0.39 is 49.0 Å². The third kappa shape index (κ3) is 31.0. The molecule has 11 heteroatoms. The van der Waals surface area contributed by atoms with Crippen molar-refractivity contribution in [2.24, 2.45) is 0 Å². The van der Waals surface area contributed by atoms with E-state index in [2.05, 4.69) is 36.6 Å². The van der Waals surface area contributed by atoms with Gasteiger partial charge in [-0.1, -0.05) is 193 Å². The molecule has 0 bridgehead atoms. The maximum atomic E-state index is 13.1. The zero-order chi connectivity index (χ0) is 44.8. The molecule has 0 unspecified atom stereocenters. The highest BCUT2D eigenvalue weighted by atomic mass is 16.7. The first-order valence-corrected chi connectivity index (χ1v) is 25.5. The van der Waals surface area contributed by atoms with Crippen LogP contribution >= 0.6 is 0 Å². The lowest BCUT2D eigenvalue weighted by Gasteiger charge is -2.41. The van der Waals surface area contributed by atoms with Gasteiger partial charge in [-0.3, -0.25) is 9.59 Å². The molecular formula is C50H96N2O9. The Morgan fingerprint density at radius 1 is 0.590 bits per heavy atom. The normalized spacial score (nSPS) is 20.8. The van der Waals surface area contributed by atoms with Gasteiger partial charge in [0.1, 0.15) is 30.5 Å². The maximum absolute atomic E-state index is 13.1. The summed E-state index contributed by atoms with van der Waals surface area (Å²) in [6, 6.07) is -1.00. The van der Waals surface area contributed by atoms with E-state index in [1.165, 1.54) is 155 Å². The summed E-state index contributed by atoms with van der Waals surface area (Å²) in [5.41, 5.74) is 0. The monoisotopic (exact) mass is 869 g/mol. The van der Waals surface area contributed by atoms with Gasteiger partial charge in [-0.25, -0.2) is 0 Å². The van der Waals surface area contributed by atoms with Gasteiger partial charge >= 0.3 is 0 Å². The molecule has 1 aliphatic rings. The Morgan fingerprint density at radius 3 is 1.48 bits per heavy atom. The topological polar surface area (TPSA) is 178 Å². The maximum Gasteiger partial charge on any atom is 0.220 e. The van der Waals surface area contributed by atoms with Gasteiger partial charge in [-0.05, 0) is 38.5 Å². The lowest BCUT2D eigenvalue weighted by atomic mass is 9.98. The Balaban J connectivity index is 2.41. The first kappa shape index (κ1) is 57.4. The predicted octanol–water partition coefficient (Wildman–Crippen LogP) is 9.62. The minimum atomic E-state index is -1.61. The van der Waals surface area contributed by atoms with Crippen LogP contribution in [0.1, 0.15) is 233 Å². The van der Waals surface area contributed by atoms with Crippen molar-refractivity contribution in [1.29, 1.82) is 0 Å². The lowest BCUT2D eigenvalue weighted by molar-refractivity contribution is -0.297. The van der Waals surface area contributed by atoms with Gasteiger partial charge < -0.3 is 45.6 Å². The van der Waals surface area contributed by atoms with E-state index in [1.807, 2.05) is 0 Å².